The molecule has 1 aromatic carbocycles. The normalized spacial score (nSPS) is 10.6. The lowest BCUT2D eigenvalue weighted by atomic mass is 10.1. The molecule has 3 aromatic rings. The van der Waals surface area contributed by atoms with Crippen molar-refractivity contribution in [3.05, 3.63) is 65.6 Å². The molecule has 3 rings (SSSR count). The molecule has 24 heavy (non-hydrogen) atoms. The number of carbonyl (C=O) groups is 2. The van der Waals surface area contributed by atoms with Gasteiger partial charge in [-0.2, -0.15) is 0 Å². The third kappa shape index (κ3) is 3.27. The van der Waals surface area contributed by atoms with Crippen LogP contribution in [-0.2, 0) is 13.6 Å². The second-order valence-electron chi connectivity index (χ2n) is 5.51. The minimum atomic E-state index is -0.269. The highest BCUT2D eigenvalue weighted by atomic mass is 16.5. The van der Waals surface area contributed by atoms with Gasteiger partial charge in [0.1, 0.15) is 11.4 Å². The van der Waals surface area contributed by atoms with Crippen molar-refractivity contribution in [3.8, 4) is 11.3 Å². The molecular weight excluding hydrogens is 306 g/mol. The highest BCUT2D eigenvalue weighted by Crippen LogP contribution is 2.19. The molecule has 0 fully saturated rings. The minimum absolute atomic E-state index is 0.0753. The molecular formula is C18H17N3O3. The van der Waals surface area contributed by atoms with Crippen LogP contribution in [0.5, 0.6) is 0 Å². The van der Waals surface area contributed by atoms with Crippen LogP contribution in [0.2, 0.25) is 0 Å². The van der Waals surface area contributed by atoms with Gasteiger partial charge in [-0.05, 0) is 13.0 Å². The molecule has 0 radical (unpaired) electrons. The molecule has 0 aliphatic heterocycles. The third-order valence-corrected chi connectivity index (χ3v) is 3.69. The number of nitrogens with one attached hydrogen (secondary N) is 1. The quantitative estimate of drug-likeness (QED) is 0.732. The van der Waals surface area contributed by atoms with Gasteiger partial charge in [-0.25, -0.2) is 0 Å². The molecule has 1 N–H and O–H groups in total. The van der Waals surface area contributed by atoms with E-state index in [4.69, 9.17) is 4.52 Å². The average Bonchev–Trinajstić information content (AvgIpc) is 3.20. The molecule has 0 atom stereocenters. The number of ketones is 1. The zero-order chi connectivity index (χ0) is 17.1. The Hall–Kier alpha value is -3.15. The number of carbonyl (C=O) groups excluding carboxylic acids is 2. The molecule has 1 amide bonds. The molecule has 2 heterocycles. The molecule has 0 saturated carbocycles. The molecule has 6 nitrogen and oxygen atoms in total. The summed E-state index contributed by atoms with van der Waals surface area (Å²) in [4.78, 5) is 23.6. The van der Waals surface area contributed by atoms with Gasteiger partial charge in [0.2, 0.25) is 0 Å². The van der Waals surface area contributed by atoms with E-state index in [1.54, 1.807) is 29.9 Å². The van der Waals surface area contributed by atoms with Crippen molar-refractivity contribution in [1.82, 2.24) is 15.0 Å². The van der Waals surface area contributed by atoms with Gasteiger partial charge in [0, 0.05) is 30.4 Å². The Bertz CT molecular complexity index is 878. The van der Waals surface area contributed by atoms with Crippen molar-refractivity contribution >= 4 is 11.7 Å². The summed E-state index contributed by atoms with van der Waals surface area (Å²) in [6.07, 6.45) is 1.64. The van der Waals surface area contributed by atoms with Crippen LogP contribution in [0.15, 0.2) is 53.2 Å². The van der Waals surface area contributed by atoms with Gasteiger partial charge in [0.15, 0.2) is 11.5 Å². The Balaban J connectivity index is 1.67. The molecule has 0 saturated heterocycles. The Morgan fingerprint density at radius 3 is 2.62 bits per heavy atom. The number of hydrogen-bond donors (Lipinski definition) is 1. The monoisotopic (exact) mass is 323 g/mol. The van der Waals surface area contributed by atoms with Crippen LogP contribution in [0.1, 0.15) is 33.5 Å². The SMILES string of the molecule is CC(=O)c1cc(C(=O)NCc2cc(-c3ccccc3)on2)n(C)c1. The fourth-order valence-corrected chi connectivity index (χ4v) is 2.38. The van der Waals surface area contributed by atoms with Crippen molar-refractivity contribution < 1.29 is 14.1 Å². The minimum Gasteiger partial charge on any atom is -0.356 e. The maximum absolute atomic E-state index is 12.2. The predicted octanol–water partition coefficient (Wildman–Crippen LogP) is 2.81. The summed E-state index contributed by atoms with van der Waals surface area (Å²) < 4.78 is 6.93. The van der Waals surface area contributed by atoms with Crippen LogP contribution >= 0.6 is 0 Å². The van der Waals surface area contributed by atoms with Gasteiger partial charge in [0.25, 0.3) is 5.91 Å². The van der Waals surface area contributed by atoms with E-state index in [2.05, 4.69) is 10.5 Å². The number of rotatable bonds is 5. The van der Waals surface area contributed by atoms with Crippen LogP contribution in [0.4, 0.5) is 0 Å². The molecule has 0 aliphatic carbocycles. The van der Waals surface area contributed by atoms with Gasteiger partial charge >= 0.3 is 0 Å². The molecule has 0 bridgehead atoms. The van der Waals surface area contributed by atoms with Crippen LogP contribution < -0.4 is 5.32 Å². The third-order valence-electron chi connectivity index (χ3n) is 3.69. The van der Waals surface area contributed by atoms with Gasteiger partial charge in [-0.1, -0.05) is 35.5 Å². The van der Waals surface area contributed by atoms with Crippen molar-refractivity contribution in [2.75, 3.05) is 0 Å². The number of aromatic nitrogens is 2. The van der Waals surface area contributed by atoms with Crippen molar-refractivity contribution in [1.29, 1.82) is 0 Å². The van der Waals surface area contributed by atoms with Gasteiger partial charge < -0.3 is 14.4 Å². The Labute approximate surface area is 139 Å². The first-order chi connectivity index (χ1) is 11.5. The largest absolute Gasteiger partial charge is 0.356 e. The number of amides is 1. The average molecular weight is 323 g/mol. The van der Waals surface area contributed by atoms with E-state index < -0.39 is 0 Å². The first kappa shape index (κ1) is 15.7. The second-order valence-corrected chi connectivity index (χ2v) is 5.51. The highest BCUT2D eigenvalue weighted by Gasteiger charge is 2.14. The van der Waals surface area contributed by atoms with Crippen LogP contribution in [0.25, 0.3) is 11.3 Å². The smallest absolute Gasteiger partial charge is 0.268 e. The van der Waals surface area contributed by atoms with E-state index in [0.717, 1.165) is 5.56 Å². The number of aryl methyl sites for hydroxylation is 1. The zero-order valence-corrected chi connectivity index (χ0v) is 13.4. The van der Waals surface area contributed by atoms with Crippen LogP contribution in [-0.4, -0.2) is 21.4 Å². The van der Waals surface area contributed by atoms with E-state index in [1.807, 2.05) is 30.3 Å². The summed E-state index contributed by atoms with van der Waals surface area (Å²) in [6, 6.07) is 13.0. The summed E-state index contributed by atoms with van der Waals surface area (Å²) in [5.74, 6) is 0.306. The summed E-state index contributed by atoms with van der Waals surface area (Å²) in [7, 11) is 1.73. The standard InChI is InChI=1S/C18H17N3O3/c1-12(22)14-8-16(21(2)11-14)18(23)19-10-15-9-17(24-20-15)13-6-4-3-5-7-13/h3-9,11H,10H2,1-2H3,(H,19,23). The first-order valence-corrected chi connectivity index (χ1v) is 7.51. The first-order valence-electron chi connectivity index (χ1n) is 7.51. The molecule has 2 aromatic heterocycles. The maximum Gasteiger partial charge on any atom is 0.268 e. The zero-order valence-electron chi connectivity index (χ0n) is 13.4. The van der Waals surface area contributed by atoms with Crippen LogP contribution in [0.3, 0.4) is 0 Å². The summed E-state index contributed by atoms with van der Waals surface area (Å²) in [6.45, 7) is 1.72. The fraction of sp³-hybridized carbons (Fsp3) is 0.167. The lowest BCUT2D eigenvalue weighted by Crippen LogP contribution is -2.24. The van der Waals surface area contributed by atoms with Crippen molar-refractivity contribution in [2.45, 2.75) is 13.5 Å². The Morgan fingerprint density at radius 2 is 1.96 bits per heavy atom. The Morgan fingerprint density at radius 1 is 1.21 bits per heavy atom. The van der Waals surface area contributed by atoms with E-state index in [0.29, 0.717) is 22.7 Å². The van der Waals surface area contributed by atoms with E-state index in [1.165, 1.54) is 6.92 Å². The summed E-state index contributed by atoms with van der Waals surface area (Å²) in [5.41, 5.74) is 2.49. The van der Waals surface area contributed by atoms with Gasteiger partial charge in [-0.15, -0.1) is 0 Å². The van der Waals surface area contributed by atoms with Crippen molar-refractivity contribution in [3.63, 3.8) is 0 Å². The van der Waals surface area contributed by atoms with Gasteiger partial charge in [0.05, 0.1) is 6.54 Å². The fourth-order valence-electron chi connectivity index (χ4n) is 2.38. The number of hydrogen-bond acceptors (Lipinski definition) is 4. The molecule has 0 unspecified atom stereocenters. The Kier molecular flexibility index (Phi) is 4.29. The number of Topliss-reactive ketones (excluding diaryl/α,β-unsaturated/α-hetero) is 1. The maximum atomic E-state index is 12.2. The molecule has 122 valence electrons. The van der Waals surface area contributed by atoms with Gasteiger partial charge in [-0.3, -0.25) is 9.59 Å². The van der Waals surface area contributed by atoms with E-state index >= 15 is 0 Å². The lowest BCUT2D eigenvalue weighted by molar-refractivity contribution is 0.0941. The second kappa shape index (κ2) is 6.54. The van der Waals surface area contributed by atoms with Crippen LogP contribution in [0, 0.1) is 0 Å². The molecule has 6 heteroatoms. The molecule has 0 aliphatic rings. The molecule has 0 spiro atoms. The lowest BCUT2D eigenvalue weighted by Gasteiger charge is -2.03. The highest BCUT2D eigenvalue weighted by molar-refractivity contribution is 5.99. The summed E-state index contributed by atoms with van der Waals surface area (Å²) >= 11 is 0. The summed E-state index contributed by atoms with van der Waals surface area (Å²) in [5, 5.41) is 6.74. The van der Waals surface area contributed by atoms with E-state index in [-0.39, 0.29) is 18.2 Å². The van der Waals surface area contributed by atoms with Crippen molar-refractivity contribution in [2.24, 2.45) is 7.05 Å². The topological polar surface area (TPSA) is 77.1 Å². The number of benzene rings is 1. The van der Waals surface area contributed by atoms with E-state index in [9.17, 15) is 9.59 Å². The number of nitrogens with zero attached hydrogens (tertiary/aromatic N) is 2. The predicted molar refractivity (Wildman–Crippen MR) is 88.5 cm³/mol.